The van der Waals surface area contributed by atoms with Gasteiger partial charge in [0.2, 0.25) is 0 Å². The fourth-order valence-electron chi connectivity index (χ4n) is 1.99. The van der Waals surface area contributed by atoms with Gasteiger partial charge in [0, 0.05) is 24.9 Å². The molecule has 6 nitrogen and oxygen atoms in total. The number of carbonyl (C=O) groups excluding carboxylic acids is 1. The summed E-state index contributed by atoms with van der Waals surface area (Å²) in [5, 5.41) is 11.3. The Morgan fingerprint density at radius 2 is 2.14 bits per heavy atom. The number of amides is 1. The van der Waals surface area contributed by atoms with Gasteiger partial charge in [0.15, 0.2) is 0 Å². The lowest BCUT2D eigenvalue weighted by Gasteiger charge is -2.21. The van der Waals surface area contributed by atoms with E-state index in [9.17, 15) is 14.9 Å². The molecule has 1 aromatic carbocycles. The SMILES string of the molecule is CCCN(C(=O)c1ccc(Cl)cn1)c1cccc([N+](=O)[O-])c1. The number of nitro groups is 1. The summed E-state index contributed by atoms with van der Waals surface area (Å²) >= 11 is 5.77. The quantitative estimate of drug-likeness (QED) is 0.622. The maximum absolute atomic E-state index is 12.6. The number of carbonyl (C=O) groups is 1. The van der Waals surface area contributed by atoms with Crippen molar-refractivity contribution in [2.24, 2.45) is 0 Å². The molecule has 22 heavy (non-hydrogen) atoms. The van der Waals surface area contributed by atoms with Gasteiger partial charge in [0.1, 0.15) is 5.69 Å². The molecule has 0 saturated heterocycles. The second-order valence-corrected chi connectivity index (χ2v) is 5.03. The fourth-order valence-corrected chi connectivity index (χ4v) is 2.10. The number of rotatable bonds is 5. The van der Waals surface area contributed by atoms with E-state index in [1.54, 1.807) is 18.2 Å². The summed E-state index contributed by atoms with van der Waals surface area (Å²) in [5.41, 5.74) is 0.651. The van der Waals surface area contributed by atoms with Gasteiger partial charge in [0.25, 0.3) is 11.6 Å². The number of nitrogens with zero attached hydrogens (tertiary/aromatic N) is 3. The van der Waals surface area contributed by atoms with E-state index in [1.807, 2.05) is 6.92 Å². The van der Waals surface area contributed by atoms with E-state index in [0.717, 1.165) is 0 Å². The minimum atomic E-state index is -0.487. The number of nitro benzene ring substituents is 1. The van der Waals surface area contributed by atoms with E-state index in [4.69, 9.17) is 11.6 Å². The van der Waals surface area contributed by atoms with E-state index in [1.165, 1.54) is 29.3 Å². The first-order valence-electron chi connectivity index (χ1n) is 6.70. The molecule has 0 bridgehead atoms. The first-order chi connectivity index (χ1) is 10.5. The third kappa shape index (κ3) is 3.59. The second kappa shape index (κ2) is 7.00. The third-order valence-electron chi connectivity index (χ3n) is 2.99. The van der Waals surface area contributed by atoms with Crippen molar-refractivity contribution in [3.8, 4) is 0 Å². The van der Waals surface area contributed by atoms with Gasteiger partial charge in [-0.1, -0.05) is 24.6 Å². The standard InChI is InChI=1S/C15H14ClN3O3/c1-2-8-18(12-4-3-5-13(9-12)19(21)22)15(20)14-7-6-11(16)10-17-14/h3-7,9-10H,2,8H2,1H3. The summed E-state index contributed by atoms with van der Waals surface area (Å²) in [7, 11) is 0. The molecule has 0 spiro atoms. The Bertz CT molecular complexity index is 689. The zero-order valence-electron chi connectivity index (χ0n) is 11.9. The summed E-state index contributed by atoms with van der Waals surface area (Å²) in [6, 6.07) is 9.10. The van der Waals surface area contributed by atoms with Crippen molar-refractivity contribution >= 4 is 28.9 Å². The topological polar surface area (TPSA) is 76.3 Å². The van der Waals surface area contributed by atoms with Crippen LogP contribution < -0.4 is 4.90 Å². The molecule has 1 heterocycles. The van der Waals surface area contributed by atoms with Crippen molar-refractivity contribution in [3.05, 3.63) is 63.4 Å². The van der Waals surface area contributed by atoms with Crippen LogP contribution in [-0.4, -0.2) is 22.4 Å². The number of aromatic nitrogens is 1. The highest BCUT2D eigenvalue weighted by Gasteiger charge is 2.20. The van der Waals surface area contributed by atoms with Gasteiger partial charge in [-0.05, 0) is 24.6 Å². The van der Waals surface area contributed by atoms with Crippen LogP contribution in [0.15, 0.2) is 42.6 Å². The highest BCUT2D eigenvalue weighted by Crippen LogP contribution is 2.23. The smallest absolute Gasteiger partial charge is 0.276 e. The summed E-state index contributed by atoms with van der Waals surface area (Å²) in [5.74, 6) is -0.320. The minimum absolute atomic E-state index is 0.0598. The van der Waals surface area contributed by atoms with Crippen LogP contribution in [0.25, 0.3) is 0 Å². The van der Waals surface area contributed by atoms with E-state index in [-0.39, 0.29) is 17.3 Å². The van der Waals surface area contributed by atoms with E-state index in [2.05, 4.69) is 4.98 Å². The first-order valence-corrected chi connectivity index (χ1v) is 7.08. The number of benzene rings is 1. The van der Waals surface area contributed by atoms with Gasteiger partial charge in [-0.15, -0.1) is 0 Å². The molecule has 0 atom stereocenters. The molecule has 1 aromatic heterocycles. The summed E-state index contributed by atoms with van der Waals surface area (Å²) < 4.78 is 0. The average molecular weight is 320 g/mol. The van der Waals surface area contributed by atoms with Gasteiger partial charge in [-0.2, -0.15) is 0 Å². The fraction of sp³-hybridized carbons (Fsp3) is 0.200. The minimum Gasteiger partial charge on any atom is -0.307 e. The van der Waals surface area contributed by atoms with Crippen molar-refractivity contribution in [1.29, 1.82) is 0 Å². The van der Waals surface area contributed by atoms with Crippen molar-refractivity contribution in [3.63, 3.8) is 0 Å². The molecule has 2 rings (SSSR count). The van der Waals surface area contributed by atoms with E-state index in [0.29, 0.717) is 23.7 Å². The van der Waals surface area contributed by atoms with Gasteiger partial charge >= 0.3 is 0 Å². The van der Waals surface area contributed by atoms with Crippen LogP contribution in [0.5, 0.6) is 0 Å². The Balaban J connectivity index is 2.37. The number of hydrogen-bond acceptors (Lipinski definition) is 4. The Labute approximate surface area is 132 Å². The van der Waals surface area contributed by atoms with Gasteiger partial charge < -0.3 is 4.90 Å². The van der Waals surface area contributed by atoms with Crippen LogP contribution in [0.2, 0.25) is 5.02 Å². The van der Waals surface area contributed by atoms with Gasteiger partial charge in [0.05, 0.1) is 15.6 Å². The summed E-state index contributed by atoms with van der Waals surface area (Å²) in [4.78, 5) is 28.5. The number of anilines is 1. The first kappa shape index (κ1) is 15.9. The molecule has 0 fully saturated rings. The molecule has 0 aliphatic rings. The maximum atomic E-state index is 12.6. The van der Waals surface area contributed by atoms with Crippen molar-refractivity contribution in [2.45, 2.75) is 13.3 Å². The molecule has 0 saturated carbocycles. The predicted octanol–water partition coefficient (Wildman–Crippen LogP) is 3.70. The Hall–Kier alpha value is -2.47. The maximum Gasteiger partial charge on any atom is 0.276 e. The van der Waals surface area contributed by atoms with Crippen LogP contribution in [-0.2, 0) is 0 Å². The third-order valence-corrected chi connectivity index (χ3v) is 3.21. The zero-order chi connectivity index (χ0) is 16.1. The van der Waals surface area contributed by atoms with Crippen LogP contribution >= 0.6 is 11.6 Å². The lowest BCUT2D eigenvalue weighted by Crippen LogP contribution is -2.32. The molecule has 0 aliphatic carbocycles. The monoisotopic (exact) mass is 319 g/mol. The lowest BCUT2D eigenvalue weighted by atomic mass is 10.2. The molecule has 0 radical (unpaired) electrons. The van der Waals surface area contributed by atoms with Crippen LogP contribution in [0.1, 0.15) is 23.8 Å². The summed E-state index contributed by atoms with van der Waals surface area (Å²) in [6.07, 6.45) is 2.11. The molecular formula is C15H14ClN3O3. The summed E-state index contributed by atoms with van der Waals surface area (Å²) in [6.45, 7) is 2.36. The second-order valence-electron chi connectivity index (χ2n) is 4.60. The van der Waals surface area contributed by atoms with E-state index < -0.39 is 4.92 Å². The molecule has 0 aliphatic heterocycles. The highest BCUT2D eigenvalue weighted by atomic mass is 35.5. The molecule has 1 amide bonds. The highest BCUT2D eigenvalue weighted by molar-refractivity contribution is 6.30. The van der Waals surface area contributed by atoms with Crippen LogP contribution in [0.3, 0.4) is 0 Å². The Morgan fingerprint density at radius 3 is 2.73 bits per heavy atom. The van der Waals surface area contributed by atoms with Crippen molar-refractivity contribution < 1.29 is 9.72 Å². The van der Waals surface area contributed by atoms with Crippen LogP contribution in [0, 0.1) is 10.1 Å². The largest absolute Gasteiger partial charge is 0.307 e. The lowest BCUT2D eigenvalue weighted by molar-refractivity contribution is -0.384. The molecular weight excluding hydrogens is 306 g/mol. The average Bonchev–Trinajstić information content (AvgIpc) is 2.53. The number of non-ortho nitro benzene ring substituents is 1. The number of hydrogen-bond donors (Lipinski definition) is 0. The molecule has 2 aromatic rings. The van der Waals surface area contributed by atoms with Crippen molar-refractivity contribution in [2.75, 3.05) is 11.4 Å². The van der Waals surface area contributed by atoms with E-state index >= 15 is 0 Å². The van der Waals surface area contributed by atoms with Crippen LogP contribution in [0.4, 0.5) is 11.4 Å². The van der Waals surface area contributed by atoms with Gasteiger partial charge in [-0.25, -0.2) is 4.98 Å². The molecule has 114 valence electrons. The molecule has 0 unspecified atom stereocenters. The normalized spacial score (nSPS) is 10.3. The Kier molecular flexibility index (Phi) is 5.06. The van der Waals surface area contributed by atoms with Gasteiger partial charge in [-0.3, -0.25) is 14.9 Å². The Morgan fingerprint density at radius 1 is 1.36 bits per heavy atom. The zero-order valence-corrected chi connectivity index (χ0v) is 12.7. The predicted molar refractivity (Wildman–Crippen MR) is 84.3 cm³/mol. The number of halogens is 1. The van der Waals surface area contributed by atoms with Crippen molar-refractivity contribution in [1.82, 2.24) is 4.98 Å². The number of pyridine rings is 1. The molecule has 0 N–H and O–H groups in total. The molecule has 7 heteroatoms.